The minimum Gasteiger partial charge on any atom is -0.394 e. The SMILES string of the molecule is NO[C@H]1O[C@H](CO)[C@H](O)[C@H](O)[C@H]1O. The molecule has 0 radical (unpaired) electrons. The van der Waals surface area contributed by atoms with Crippen molar-refractivity contribution in [2.24, 2.45) is 5.90 Å². The summed E-state index contributed by atoms with van der Waals surface area (Å²) in [4.78, 5) is 4.20. The molecular formula is C6H13NO6. The molecule has 0 aliphatic carbocycles. The average molecular weight is 195 g/mol. The van der Waals surface area contributed by atoms with Gasteiger partial charge in [-0.2, -0.15) is 0 Å². The number of aliphatic hydroxyl groups excluding tert-OH is 4. The first-order valence-corrected chi connectivity index (χ1v) is 3.78. The molecule has 0 spiro atoms. The largest absolute Gasteiger partial charge is 0.394 e. The Bertz CT molecular complexity index is 147. The second-order valence-electron chi connectivity index (χ2n) is 2.83. The van der Waals surface area contributed by atoms with Crippen molar-refractivity contribution in [1.82, 2.24) is 0 Å². The average Bonchev–Trinajstić information content (AvgIpc) is 2.15. The first kappa shape index (κ1) is 10.8. The molecule has 0 bridgehead atoms. The van der Waals surface area contributed by atoms with Gasteiger partial charge >= 0.3 is 0 Å². The van der Waals surface area contributed by atoms with E-state index in [1.807, 2.05) is 0 Å². The van der Waals surface area contributed by atoms with Crippen LogP contribution in [0.25, 0.3) is 0 Å². The predicted octanol–water partition coefficient (Wildman–Crippen LogP) is -3.32. The Morgan fingerprint density at radius 1 is 1.15 bits per heavy atom. The fourth-order valence-corrected chi connectivity index (χ4v) is 1.18. The van der Waals surface area contributed by atoms with Crippen LogP contribution >= 0.6 is 0 Å². The van der Waals surface area contributed by atoms with Crippen LogP contribution in [0.15, 0.2) is 0 Å². The lowest BCUT2D eigenvalue weighted by Gasteiger charge is -2.38. The lowest BCUT2D eigenvalue weighted by molar-refractivity contribution is -0.302. The summed E-state index contributed by atoms with van der Waals surface area (Å²) in [7, 11) is 0. The molecule has 7 heteroatoms. The van der Waals surface area contributed by atoms with Gasteiger partial charge in [0.25, 0.3) is 0 Å². The van der Waals surface area contributed by atoms with Gasteiger partial charge in [0.2, 0.25) is 6.29 Å². The van der Waals surface area contributed by atoms with Crippen LogP contribution in [0.3, 0.4) is 0 Å². The zero-order valence-corrected chi connectivity index (χ0v) is 6.78. The fourth-order valence-electron chi connectivity index (χ4n) is 1.18. The standard InChI is InChI=1S/C6H13NO6/c7-13-6-5(11)4(10)3(9)2(1-8)12-6/h2-6,8-11H,1,7H2/t2-,3+,4+,5-,6-/m1/s1. The van der Waals surface area contributed by atoms with Crippen LogP contribution in [0.4, 0.5) is 0 Å². The molecule has 0 aromatic heterocycles. The maximum Gasteiger partial charge on any atom is 0.206 e. The third-order valence-electron chi connectivity index (χ3n) is 1.98. The number of ether oxygens (including phenoxy) is 1. The molecule has 1 aliphatic heterocycles. The number of aliphatic hydroxyl groups is 4. The van der Waals surface area contributed by atoms with E-state index >= 15 is 0 Å². The van der Waals surface area contributed by atoms with Gasteiger partial charge in [0.05, 0.1) is 6.61 Å². The van der Waals surface area contributed by atoms with Gasteiger partial charge < -0.3 is 25.2 Å². The second-order valence-corrected chi connectivity index (χ2v) is 2.83. The molecule has 0 saturated carbocycles. The van der Waals surface area contributed by atoms with Gasteiger partial charge in [0.15, 0.2) is 0 Å². The Balaban J connectivity index is 2.66. The number of hydrogen-bond acceptors (Lipinski definition) is 7. The van der Waals surface area contributed by atoms with Crippen molar-refractivity contribution < 1.29 is 30.0 Å². The van der Waals surface area contributed by atoms with Gasteiger partial charge in [0, 0.05) is 0 Å². The van der Waals surface area contributed by atoms with Crippen molar-refractivity contribution in [3.63, 3.8) is 0 Å². The van der Waals surface area contributed by atoms with E-state index in [-0.39, 0.29) is 0 Å². The third kappa shape index (κ3) is 1.97. The van der Waals surface area contributed by atoms with E-state index in [4.69, 9.17) is 15.7 Å². The van der Waals surface area contributed by atoms with Crippen LogP contribution in [-0.4, -0.2) is 57.7 Å². The molecule has 0 aromatic carbocycles. The van der Waals surface area contributed by atoms with Crippen molar-refractivity contribution in [2.45, 2.75) is 30.7 Å². The van der Waals surface area contributed by atoms with Crippen molar-refractivity contribution in [1.29, 1.82) is 0 Å². The quantitative estimate of drug-likeness (QED) is 0.292. The summed E-state index contributed by atoms with van der Waals surface area (Å²) in [5, 5.41) is 36.4. The van der Waals surface area contributed by atoms with Crippen LogP contribution in [0.2, 0.25) is 0 Å². The minimum atomic E-state index is -1.44. The first-order valence-electron chi connectivity index (χ1n) is 3.78. The highest BCUT2D eigenvalue weighted by atomic mass is 16.8. The number of rotatable bonds is 2. The Morgan fingerprint density at radius 3 is 2.23 bits per heavy atom. The molecule has 0 aromatic rings. The predicted molar refractivity (Wildman–Crippen MR) is 39.0 cm³/mol. The molecule has 6 N–H and O–H groups in total. The molecule has 1 aliphatic rings. The Kier molecular flexibility index (Phi) is 3.56. The van der Waals surface area contributed by atoms with Crippen molar-refractivity contribution >= 4 is 0 Å². The highest BCUT2D eigenvalue weighted by Gasteiger charge is 2.43. The van der Waals surface area contributed by atoms with Gasteiger partial charge in [-0.25, -0.2) is 5.90 Å². The maximum absolute atomic E-state index is 9.23. The molecule has 7 nitrogen and oxygen atoms in total. The molecule has 1 rings (SSSR count). The normalized spacial score (nSPS) is 46.4. The topological polar surface area (TPSA) is 125 Å². The molecule has 1 saturated heterocycles. The molecule has 0 amide bonds. The van der Waals surface area contributed by atoms with Crippen molar-refractivity contribution in [3.8, 4) is 0 Å². The summed E-state index contributed by atoms with van der Waals surface area (Å²) in [6.45, 7) is -0.495. The highest BCUT2D eigenvalue weighted by molar-refractivity contribution is 4.88. The molecule has 0 unspecified atom stereocenters. The van der Waals surface area contributed by atoms with Gasteiger partial charge in [-0.1, -0.05) is 0 Å². The van der Waals surface area contributed by atoms with Crippen LogP contribution in [0, 0.1) is 0 Å². The van der Waals surface area contributed by atoms with Crippen LogP contribution in [-0.2, 0) is 9.57 Å². The van der Waals surface area contributed by atoms with Crippen LogP contribution in [0.5, 0.6) is 0 Å². The lowest BCUT2D eigenvalue weighted by Crippen LogP contribution is -2.59. The highest BCUT2D eigenvalue weighted by Crippen LogP contribution is 2.20. The molecule has 78 valence electrons. The van der Waals surface area contributed by atoms with E-state index in [1.165, 1.54) is 0 Å². The summed E-state index contributed by atoms with van der Waals surface area (Å²) < 4.78 is 4.82. The molecule has 1 heterocycles. The zero-order valence-electron chi connectivity index (χ0n) is 6.78. The van der Waals surface area contributed by atoms with Crippen LogP contribution < -0.4 is 5.90 Å². The number of hydrogen-bond donors (Lipinski definition) is 5. The van der Waals surface area contributed by atoms with E-state index < -0.39 is 37.3 Å². The molecule has 13 heavy (non-hydrogen) atoms. The third-order valence-corrected chi connectivity index (χ3v) is 1.98. The minimum absolute atomic E-state index is 0.495. The van der Waals surface area contributed by atoms with Crippen molar-refractivity contribution in [2.75, 3.05) is 6.61 Å². The Hall–Kier alpha value is -0.280. The Morgan fingerprint density at radius 2 is 1.77 bits per heavy atom. The Labute approximate surface area is 74.3 Å². The lowest BCUT2D eigenvalue weighted by atomic mass is 9.99. The van der Waals surface area contributed by atoms with E-state index in [2.05, 4.69) is 4.84 Å². The van der Waals surface area contributed by atoms with E-state index in [0.29, 0.717) is 0 Å². The maximum atomic E-state index is 9.23. The zero-order chi connectivity index (χ0) is 10.0. The van der Waals surface area contributed by atoms with Gasteiger partial charge in [-0.3, -0.25) is 4.84 Å². The molecule has 1 fully saturated rings. The summed E-state index contributed by atoms with van der Waals surface area (Å²) in [5.41, 5.74) is 0. The van der Waals surface area contributed by atoms with Crippen molar-refractivity contribution in [3.05, 3.63) is 0 Å². The summed E-state index contributed by atoms with van der Waals surface area (Å²) in [6, 6.07) is 0. The number of nitrogens with two attached hydrogens (primary N) is 1. The van der Waals surface area contributed by atoms with Gasteiger partial charge in [0.1, 0.15) is 24.4 Å². The summed E-state index contributed by atoms with van der Waals surface area (Å²) >= 11 is 0. The fraction of sp³-hybridized carbons (Fsp3) is 1.00. The first-order chi connectivity index (χ1) is 6.11. The van der Waals surface area contributed by atoms with E-state index in [9.17, 15) is 15.3 Å². The van der Waals surface area contributed by atoms with E-state index in [1.54, 1.807) is 0 Å². The molecular weight excluding hydrogens is 182 g/mol. The van der Waals surface area contributed by atoms with Gasteiger partial charge in [-0.05, 0) is 0 Å². The second kappa shape index (κ2) is 4.29. The smallest absolute Gasteiger partial charge is 0.206 e. The van der Waals surface area contributed by atoms with Gasteiger partial charge in [-0.15, -0.1) is 0 Å². The summed E-state index contributed by atoms with van der Waals surface area (Å²) in [6.07, 6.45) is -6.48. The van der Waals surface area contributed by atoms with E-state index in [0.717, 1.165) is 0 Å². The summed E-state index contributed by atoms with van der Waals surface area (Å²) in [5.74, 6) is 4.76. The van der Waals surface area contributed by atoms with Crippen LogP contribution in [0.1, 0.15) is 0 Å². The molecule has 5 atom stereocenters. The monoisotopic (exact) mass is 195 g/mol.